The van der Waals surface area contributed by atoms with Crippen LogP contribution in [-0.2, 0) is 18.4 Å². The van der Waals surface area contributed by atoms with Gasteiger partial charge in [0.25, 0.3) is 5.56 Å². The van der Waals surface area contributed by atoms with Gasteiger partial charge in [-0.15, -0.1) is 0 Å². The molecule has 2 N–H and O–H groups in total. The molecule has 114 valence electrons. The summed E-state index contributed by atoms with van der Waals surface area (Å²) < 4.78 is 27.0. The number of fused-ring (bicyclic) bond motifs is 1. The predicted octanol–water partition coefficient (Wildman–Crippen LogP) is 1.77. The van der Waals surface area contributed by atoms with Crippen molar-refractivity contribution >= 4 is 0 Å². The Labute approximate surface area is 125 Å². The van der Waals surface area contributed by atoms with Crippen LogP contribution >= 0.6 is 0 Å². The summed E-state index contributed by atoms with van der Waals surface area (Å²) in [6, 6.07) is 3.52. The number of hydrogen-bond acceptors (Lipinski definition) is 3. The third-order valence-electron chi connectivity index (χ3n) is 4.56. The van der Waals surface area contributed by atoms with Crippen molar-refractivity contribution in [1.82, 2.24) is 15.3 Å². The highest BCUT2D eigenvalue weighted by Gasteiger charge is 2.49. The summed E-state index contributed by atoms with van der Waals surface area (Å²) in [6.07, 6.45) is 2.16. The van der Waals surface area contributed by atoms with Crippen molar-refractivity contribution in [3.63, 3.8) is 0 Å². The molecule has 0 radical (unpaired) electrons. The Hall–Kier alpha value is -2.08. The van der Waals surface area contributed by atoms with Crippen LogP contribution in [0.25, 0.3) is 0 Å². The Balaban J connectivity index is 1.84. The van der Waals surface area contributed by atoms with E-state index in [9.17, 15) is 13.6 Å². The van der Waals surface area contributed by atoms with E-state index in [1.165, 1.54) is 12.1 Å². The molecule has 22 heavy (non-hydrogen) atoms. The van der Waals surface area contributed by atoms with Crippen LogP contribution in [0.2, 0.25) is 0 Å². The van der Waals surface area contributed by atoms with Crippen molar-refractivity contribution in [2.24, 2.45) is 0 Å². The first-order valence-corrected chi connectivity index (χ1v) is 7.38. The summed E-state index contributed by atoms with van der Waals surface area (Å²) in [5.41, 5.74) is 1.29. The minimum atomic E-state index is -0.606. The lowest BCUT2D eigenvalue weighted by Crippen LogP contribution is -2.33. The Kier molecular flexibility index (Phi) is 2.91. The van der Waals surface area contributed by atoms with Gasteiger partial charge in [-0.05, 0) is 30.5 Å². The number of benzene rings is 1. The molecule has 4 rings (SSSR count). The molecule has 2 aliphatic rings. The third-order valence-corrected chi connectivity index (χ3v) is 4.56. The van der Waals surface area contributed by atoms with E-state index in [0.29, 0.717) is 29.9 Å². The number of nitrogens with one attached hydrogen (secondary N) is 2. The molecule has 0 bridgehead atoms. The molecular weight excluding hydrogens is 288 g/mol. The molecule has 0 saturated heterocycles. The molecular formula is C16H15F2N3O. The van der Waals surface area contributed by atoms with E-state index < -0.39 is 17.0 Å². The third kappa shape index (κ3) is 2.06. The lowest BCUT2D eigenvalue weighted by atomic mass is 9.94. The topological polar surface area (TPSA) is 57.8 Å². The smallest absolute Gasteiger partial charge is 0.255 e. The second-order valence-electron chi connectivity index (χ2n) is 6.01. The van der Waals surface area contributed by atoms with Gasteiger partial charge in [-0.1, -0.05) is 0 Å². The van der Waals surface area contributed by atoms with Crippen LogP contribution in [0.15, 0.2) is 23.0 Å². The van der Waals surface area contributed by atoms with Gasteiger partial charge in [0.1, 0.15) is 17.5 Å². The Morgan fingerprint density at radius 1 is 1.14 bits per heavy atom. The van der Waals surface area contributed by atoms with Crippen molar-refractivity contribution < 1.29 is 8.78 Å². The molecule has 1 aromatic carbocycles. The first-order valence-electron chi connectivity index (χ1n) is 7.38. The van der Waals surface area contributed by atoms with Crippen molar-refractivity contribution in [2.45, 2.75) is 31.2 Å². The zero-order valence-corrected chi connectivity index (χ0v) is 11.9. The maximum atomic E-state index is 13.5. The lowest BCUT2D eigenvalue weighted by molar-refractivity contribution is 0.571. The standard InChI is InChI=1S/C16H15F2N3O/c17-10-5-9(6-11(18)7-10)16(2-3-16)15-20-13-1-4-19-8-12(13)14(22)21-15/h5-7,19H,1-4,8H2,(H,20,21,22). The number of H-pyrrole nitrogens is 1. The Morgan fingerprint density at radius 2 is 1.86 bits per heavy atom. The highest BCUT2D eigenvalue weighted by Crippen LogP contribution is 2.52. The highest BCUT2D eigenvalue weighted by molar-refractivity contribution is 5.40. The number of aromatic amines is 1. The molecule has 0 spiro atoms. The van der Waals surface area contributed by atoms with Gasteiger partial charge in [0.05, 0.1) is 16.7 Å². The van der Waals surface area contributed by atoms with Gasteiger partial charge in [0.2, 0.25) is 0 Å². The first-order chi connectivity index (χ1) is 10.6. The average molecular weight is 303 g/mol. The summed E-state index contributed by atoms with van der Waals surface area (Å²) in [5, 5.41) is 3.14. The normalized spacial score (nSPS) is 18.8. The molecule has 6 heteroatoms. The maximum absolute atomic E-state index is 13.5. The minimum absolute atomic E-state index is 0.157. The SMILES string of the molecule is O=c1[nH]c(C2(c3cc(F)cc(F)c3)CC2)nc2c1CNCC2. The van der Waals surface area contributed by atoms with E-state index in [0.717, 1.165) is 31.1 Å². The van der Waals surface area contributed by atoms with E-state index in [1.54, 1.807) is 0 Å². The second kappa shape index (κ2) is 4.71. The highest BCUT2D eigenvalue weighted by atomic mass is 19.1. The van der Waals surface area contributed by atoms with E-state index in [2.05, 4.69) is 15.3 Å². The molecule has 2 heterocycles. The molecule has 1 aliphatic carbocycles. The fourth-order valence-electron chi connectivity index (χ4n) is 3.20. The molecule has 0 unspecified atom stereocenters. The average Bonchev–Trinajstić information content (AvgIpc) is 3.28. The Bertz CT molecular complexity index is 791. The number of hydrogen-bond donors (Lipinski definition) is 2. The van der Waals surface area contributed by atoms with Gasteiger partial charge >= 0.3 is 0 Å². The van der Waals surface area contributed by atoms with Crippen LogP contribution in [0.5, 0.6) is 0 Å². The van der Waals surface area contributed by atoms with Crippen LogP contribution in [0, 0.1) is 11.6 Å². The minimum Gasteiger partial charge on any atom is -0.312 e. The largest absolute Gasteiger partial charge is 0.312 e. The number of halogens is 2. The molecule has 4 nitrogen and oxygen atoms in total. The summed E-state index contributed by atoms with van der Waals surface area (Å²) in [7, 11) is 0. The van der Waals surface area contributed by atoms with E-state index in [-0.39, 0.29) is 5.56 Å². The zero-order valence-electron chi connectivity index (χ0n) is 11.9. The van der Waals surface area contributed by atoms with Crippen molar-refractivity contribution in [3.05, 3.63) is 62.8 Å². The number of aromatic nitrogens is 2. The van der Waals surface area contributed by atoms with E-state index in [1.807, 2.05) is 0 Å². The van der Waals surface area contributed by atoms with Crippen LogP contribution in [-0.4, -0.2) is 16.5 Å². The van der Waals surface area contributed by atoms with E-state index in [4.69, 9.17) is 0 Å². The first kappa shape index (κ1) is 13.6. The van der Waals surface area contributed by atoms with Crippen LogP contribution < -0.4 is 10.9 Å². The Morgan fingerprint density at radius 3 is 2.55 bits per heavy atom. The summed E-state index contributed by atoms with van der Waals surface area (Å²) in [6.45, 7) is 1.30. The number of nitrogens with zero attached hydrogens (tertiary/aromatic N) is 1. The van der Waals surface area contributed by atoms with Crippen LogP contribution in [0.4, 0.5) is 8.78 Å². The molecule has 2 aromatic rings. The van der Waals surface area contributed by atoms with Gasteiger partial charge < -0.3 is 10.3 Å². The van der Waals surface area contributed by atoms with Crippen molar-refractivity contribution in [2.75, 3.05) is 6.54 Å². The molecule has 0 amide bonds. The summed E-state index contributed by atoms with van der Waals surface area (Å²) in [4.78, 5) is 19.7. The van der Waals surface area contributed by atoms with Gasteiger partial charge in [-0.2, -0.15) is 0 Å². The van der Waals surface area contributed by atoms with Crippen LogP contribution in [0.3, 0.4) is 0 Å². The summed E-state index contributed by atoms with van der Waals surface area (Å²) >= 11 is 0. The molecule has 1 saturated carbocycles. The summed E-state index contributed by atoms with van der Waals surface area (Å²) in [5.74, 6) is -0.681. The van der Waals surface area contributed by atoms with Crippen molar-refractivity contribution in [1.29, 1.82) is 0 Å². The molecule has 1 fully saturated rings. The zero-order chi connectivity index (χ0) is 15.3. The second-order valence-corrected chi connectivity index (χ2v) is 6.01. The fourth-order valence-corrected chi connectivity index (χ4v) is 3.20. The monoisotopic (exact) mass is 303 g/mol. The lowest BCUT2D eigenvalue weighted by Gasteiger charge is -2.20. The van der Waals surface area contributed by atoms with Gasteiger partial charge in [-0.25, -0.2) is 13.8 Å². The predicted molar refractivity (Wildman–Crippen MR) is 76.6 cm³/mol. The van der Waals surface area contributed by atoms with E-state index >= 15 is 0 Å². The number of rotatable bonds is 2. The van der Waals surface area contributed by atoms with Gasteiger partial charge in [-0.3, -0.25) is 4.79 Å². The molecule has 0 atom stereocenters. The van der Waals surface area contributed by atoms with Crippen LogP contribution in [0.1, 0.15) is 35.5 Å². The molecule has 1 aromatic heterocycles. The quantitative estimate of drug-likeness (QED) is 0.889. The van der Waals surface area contributed by atoms with Gasteiger partial charge in [0, 0.05) is 25.6 Å². The fraction of sp³-hybridized carbons (Fsp3) is 0.375. The van der Waals surface area contributed by atoms with Gasteiger partial charge in [0.15, 0.2) is 0 Å². The maximum Gasteiger partial charge on any atom is 0.255 e. The van der Waals surface area contributed by atoms with Crippen molar-refractivity contribution in [3.8, 4) is 0 Å². The molecule has 1 aliphatic heterocycles.